The summed E-state index contributed by atoms with van der Waals surface area (Å²) in [4.78, 5) is 15.2. The molecule has 1 amide bonds. The van der Waals surface area contributed by atoms with E-state index in [1.807, 2.05) is 0 Å². The zero-order valence-corrected chi connectivity index (χ0v) is 18.1. The van der Waals surface area contributed by atoms with Crippen LogP contribution in [0.1, 0.15) is 55.8 Å². The van der Waals surface area contributed by atoms with E-state index in [9.17, 15) is 13.2 Å². The number of rotatable bonds is 7. The van der Waals surface area contributed by atoms with Gasteiger partial charge in [0.25, 0.3) is 5.91 Å². The summed E-state index contributed by atoms with van der Waals surface area (Å²) in [6, 6.07) is 4.98. The highest BCUT2D eigenvalue weighted by Crippen LogP contribution is 2.25. The molecule has 6 nitrogen and oxygen atoms in total. The lowest BCUT2D eigenvalue weighted by Crippen LogP contribution is -2.39. The molecular weight excluding hydrogens is 398 g/mol. The van der Waals surface area contributed by atoms with Crippen molar-refractivity contribution in [3.05, 3.63) is 28.8 Å². The molecule has 1 N–H and O–H groups in total. The first-order valence-electron chi connectivity index (χ1n) is 10.2. The number of sulfonamides is 1. The molecule has 0 radical (unpaired) electrons. The number of nitrogens with one attached hydrogen (secondary N) is 1. The summed E-state index contributed by atoms with van der Waals surface area (Å²) in [5.74, 6) is -0.324. The molecule has 0 bridgehead atoms. The van der Waals surface area contributed by atoms with Gasteiger partial charge < -0.3 is 10.2 Å². The Bertz CT molecular complexity index is 794. The van der Waals surface area contributed by atoms with Gasteiger partial charge in [-0.2, -0.15) is 4.31 Å². The molecular formula is C20H30ClN3O3S. The third kappa shape index (κ3) is 5.06. The van der Waals surface area contributed by atoms with E-state index in [1.165, 1.54) is 41.8 Å². The Balaban J connectivity index is 1.58. The van der Waals surface area contributed by atoms with Crippen molar-refractivity contribution in [3.8, 4) is 0 Å². The van der Waals surface area contributed by atoms with Crippen LogP contribution in [0, 0.1) is 0 Å². The van der Waals surface area contributed by atoms with Crippen LogP contribution in [0.15, 0.2) is 23.1 Å². The molecule has 1 aromatic carbocycles. The average molecular weight is 428 g/mol. The minimum absolute atomic E-state index is 0.131. The lowest BCUT2D eigenvalue weighted by atomic mass is 10.0. The number of nitrogens with zero attached hydrogens (tertiary/aromatic N) is 2. The smallest absolute Gasteiger partial charge is 0.252 e. The first-order chi connectivity index (χ1) is 13.4. The Labute approximate surface area is 173 Å². The van der Waals surface area contributed by atoms with Gasteiger partial charge in [-0.25, -0.2) is 8.42 Å². The van der Waals surface area contributed by atoms with Crippen LogP contribution in [-0.2, 0) is 10.0 Å². The summed E-state index contributed by atoms with van der Waals surface area (Å²) in [6.45, 7) is 5.93. The van der Waals surface area contributed by atoms with Crippen LogP contribution in [0.4, 0.5) is 0 Å². The van der Waals surface area contributed by atoms with Crippen molar-refractivity contribution in [2.24, 2.45) is 0 Å². The van der Waals surface area contributed by atoms with E-state index >= 15 is 0 Å². The predicted molar refractivity (Wildman–Crippen MR) is 111 cm³/mol. The van der Waals surface area contributed by atoms with Crippen molar-refractivity contribution >= 4 is 27.5 Å². The van der Waals surface area contributed by atoms with E-state index in [0.717, 1.165) is 32.4 Å². The molecule has 1 unspecified atom stereocenters. The second kappa shape index (κ2) is 9.57. The zero-order valence-electron chi connectivity index (χ0n) is 16.5. The molecule has 156 valence electrons. The van der Waals surface area contributed by atoms with Gasteiger partial charge in [0, 0.05) is 32.2 Å². The highest BCUT2D eigenvalue weighted by molar-refractivity contribution is 7.89. The summed E-state index contributed by atoms with van der Waals surface area (Å²) < 4.78 is 26.9. The van der Waals surface area contributed by atoms with E-state index in [-0.39, 0.29) is 21.4 Å². The molecule has 8 heteroatoms. The molecule has 2 fully saturated rings. The number of likely N-dealkylation sites (tertiary alicyclic amines) is 1. The summed E-state index contributed by atoms with van der Waals surface area (Å²) in [5, 5.41) is 3.15. The SMILES string of the molecule is CC1CCCCN1CCCNC(=O)c1cc(S(=O)(=O)N2CCCC2)ccc1Cl. The molecule has 2 heterocycles. The van der Waals surface area contributed by atoms with Gasteiger partial charge in [0.2, 0.25) is 10.0 Å². The maximum absolute atomic E-state index is 12.7. The predicted octanol–water partition coefficient (Wildman–Crippen LogP) is 3.12. The molecule has 0 aromatic heterocycles. The molecule has 0 saturated carbocycles. The fraction of sp³-hybridized carbons (Fsp3) is 0.650. The summed E-state index contributed by atoms with van der Waals surface area (Å²) in [6.07, 6.45) is 6.37. The van der Waals surface area contributed by atoms with Crippen LogP contribution in [0.5, 0.6) is 0 Å². The second-order valence-corrected chi connectivity index (χ2v) is 10.1. The topological polar surface area (TPSA) is 69.7 Å². The number of amides is 1. The minimum Gasteiger partial charge on any atom is -0.352 e. The van der Waals surface area contributed by atoms with Gasteiger partial charge in [0.1, 0.15) is 0 Å². The summed E-state index contributed by atoms with van der Waals surface area (Å²) >= 11 is 6.18. The molecule has 3 rings (SSSR count). The van der Waals surface area contributed by atoms with Gasteiger partial charge >= 0.3 is 0 Å². The number of carbonyl (C=O) groups is 1. The van der Waals surface area contributed by atoms with Crippen LogP contribution < -0.4 is 5.32 Å². The van der Waals surface area contributed by atoms with E-state index in [1.54, 1.807) is 0 Å². The maximum Gasteiger partial charge on any atom is 0.252 e. The highest BCUT2D eigenvalue weighted by atomic mass is 35.5. The summed E-state index contributed by atoms with van der Waals surface area (Å²) in [7, 11) is -3.57. The first kappa shape index (κ1) is 21.6. The third-order valence-corrected chi connectivity index (χ3v) is 7.96. The highest BCUT2D eigenvalue weighted by Gasteiger charge is 2.28. The van der Waals surface area contributed by atoms with E-state index < -0.39 is 10.0 Å². The normalized spacial score (nSPS) is 21.7. The molecule has 0 spiro atoms. The number of halogens is 1. The van der Waals surface area contributed by atoms with Crippen molar-refractivity contribution in [2.45, 2.75) is 56.4 Å². The first-order valence-corrected chi connectivity index (χ1v) is 12.0. The van der Waals surface area contributed by atoms with Crippen LogP contribution in [0.3, 0.4) is 0 Å². The molecule has 0 aliphatic carbocycles. The van der Waals surface area contributed by atoms with E-state index in [2.05, 4.69) is 17.1 Å². The molecule has 2 saturated heterocycles. The Hall–Kier alpha value is -1.15. The number of carbonyl (C=O) groups excluding carboxylic acids is 1. The van der Waals surface area contributed by atoms with Crippen LogP contribution in [-0.4, -0.2) is 62.3 Å². The quantitative estimate of drug-likeness (QED) is 0.679. The fourth-order valence-corrected chi connectivity index (χ4v) is 5.73. The van der Waals surface area contributed by atoms with Gasteiger partial charge in [0.15, 0.2) is 0 Å². The largest absolute Gasteiger partial charge is 0.352 e. The number of hydrogen-bond donors (Lipinski definition) is 1. The van der Waals surface area contributed by atoms with Crippen molar-refractivity contribution in [1.82, 2.24) is 14.5 Å². The molecule has 2 aliphatic rings. The zero-order chi connectivity index (χ0) is 20.1. The van der Waals surface area contributed by atoms with Crippen molar-refractivity contribution in [2.75, 3.05) is 32.7 Å². The monoisotopic (exact) mass is 427 g/mol. The van der Waals surface area contributed by atoms with Crippen molar-refractivity contribution < 1.29 is 13.2 Å². The Morgan fingerprint density at radius 1 is 1.18 bits per heavy atom. The Morgan fingerprint density at radius 3 is 2.61 bits per heavy atom. The lowest BCUT2D eigenvalue weighted by Gasteiger charge is -2.33. The standard InChI is InChI=1S/C20H30ClN3O3S/c1-16-7-2-3-11-23(16)12-6-10-22-20(25)18-15-17(8-9-19(18)21)28(26,27)24-13-4-5-14-24/h8-9,15-16H,2-7,10-14H2,1H3,(H,22,25). The Morgan fingerprint density at radius 2 is 1.89 bits per heavy atom. The molecule has 28 heavy (non-hydrogen) atoms. The fourth-order valence-electron chi connectivity index (χ4n) is 3.99. The van der Waals surface area contributed by atoms with Gasteiger partial charge in [-0.05, 0) is 63.8 Å². The number of hydrogen-bond acceptors (Lipinski definition) is 4. The van der Waals surface area contributed by atoms with Gasteiger partial charge in [-0.3, -0.25) is 4.79 Å². The van der Waals surface area contributed by atoms with Gasteiger partial charge in [-0.1, -0.05) is 18.0 Å². The van der Waals surface area contributed by atoms with Crippen LogP contribution in [0.2, 0.25) is 5.02 Å². The third-order valence-electron chi connectivity index (χ3n) is 5.73. The van der Waals surface area contributed by atoms with Gasteiger partial charge in [0.05, 0.1) is 15.5 Å². The average Bonchev–Trinajstić information content (AvgIpc) is 3.22. The van der Waals surface area contributed by atoms with Crippen molar-refractivity contribution in [1.29, 1.82) is 0 Å². The molecule has 1 aromatic rings. The molecule has 2 aliphatic heterocycles. The molecule has 1 atom stereocenters. The number of piperidine rings is 1. The maximum atomic E-state index is 12.7. The lowest BCUT2D eigenvalue weighted by molar-refractivity contribution is 0.0949. The van der Waals surface area contributed by atoms with E-state index in [0.29, 0.717) is 25.7 Å². The Kier molecular flexibility index (Phi) is 7.36. The number of benzene rings is 1. The summed E-state index contributed by atoms with van der Waals surface area (Å²) in [5.41, 5.74) is 0.216. The van der Waals surface area contributed by atoms with Crippen molar-refractivity contribution in [3.63, 3.8) is 0 Å². The van der Waals surface area contributed by atoms with Crippen LogP contribution in [0.25, 0.3) is 0 Å². The van der Waals surface area contributed by atoms with Crippen LogP contribution >= 0.6 is 11.6 Å². The van der Waals surface area contributed by atoms with E-state index in [4.69, 9.17) is 11.6 Å². The minimum atomic E-state index is -3.57. The van der Waals surface area contributed by atoms with Gasteiger partial charge in [-0.15, -0.1) is 0 Å². The second-order valence-electron chi connectivity index (χ2n) is 7.74.